The Morgan fingerprint density at radius 2 is 1.88 bits per heavy atom. The first-order valence-corrected chi connectivity index (χ1v) is 8.92. The zero-order chi connectivity index (χ0) is 18.4. The molecule has 26 heavy (non-hydrogen) atoms. The quantitative estimate of drug-likeness (QED) is 0.554. The van der Waals surface area contributed by atoms with Crippen molar-refractivity contribution in [2.45, 2.75) is 19.7 Å². The van der Waals surface area contributed by atoms with Crippen LogP contribution >= 0.6 is 15.9 Å². The first-order valence-electron chi connectivity index (χ1n) is 8.13. The molecule has 2 aromatic carbocycles. The van der Waals surface area contributed by atoms with Crippen LogP contribution in [0, 0.1) is 5.82 Å². The molecule has 0 bridgehead atoms. The van der Waals surface area contributed by atoms with E-state index in [0.717, 1.165) is 21.4 Å². The summed E-state index contributed by atoms with van der Waals surface area (Å²) in [6.07, 6.45) is 1.65. The minimum atomic E-state index is -0.267. The number of hydrogen-bond donors (Lipinski definition) is 1. The maximum atomic E-state index is 13.1. The third-order valence-corrected chi connectivity index (χ3v) is 4.61. The topological polar surface area (TPSA) is 43.6 Å². The highest BCUT2D eigenvalue weighted by atomic mass is 79.9. The first kappa shape index (κ1) is 18.5. The van der Waals surface area contributed by atoms with Crippen LogP contribution in [0.15, 0.2) is 63.7 Å². The fourth-order valence-electron chi connectivity index (χ4n) is 2.53. The Morgan fingerprint density at radius 3 is 2.58 bits per heavy atom. The fraction of sp³-hybridized carbons (Fsp3) is 0.200. The van der Waals surface area contributed by atoms with Gasteiger partial charge in [0.25, 0.3) is 0 Å². The summed E-state index contributed by atoms with van der Waals surface area (Å²) in [6, 6.07) is 13.8. The number of hydrogen-bond acceptors (Lipinski definition) is 4. The van der Waals surface area contributed by atoms with Crippen LogP contribution in [0.1, 0.15) is 16.9 Å². The summed E-state index contributed by atoms with van der Waals surface area (Å²) in [5.74, 6) is 1.89. The molecule has 0 unspecified atom stereocenters. The number of halogens is 2. The molecule has 0 fully saturated rings. The molecular formula is C20H19BrFNO3. The van der Waals surface area contributed by atoms with Gasteiger partial charge in [0.1, 0.15) is 18.2 Å². The van der Waals surface area contributed by atoms with Crippen molar-refractivity contribution in [2.24, 2.45) is 0 Å². The maximum absolute atomic E-state index is 13.1. The Bertz CT molecular complexity index is 835. The highest BCUT2D eigenvalue weighted by Gasteiger charge is 2.15. The van der Waals surface area contributed by atoms with Crippen molar-refractivity contribution in [3.05, 3.63) is 82.0 Å². The summed E-state index contributed by atoms with van der Waals surface area (Å²) in [6.45, 7) is 1.49. The van der Waals surface area contributed by atoms with E-state index in [2.05, 4.69) is 21.2 Å². The van der Waals surface area contributed by atoms with Gasteiger partial charge >= 0.3 is 0 Å². The van der Waals surface area contributed by atoms with Gasteiger partial charge in [-0.15, -0.1) is 0 Å². The highest BCUT2D eigenvalue weighted by molar-refractivity contribution is 9.10. The van der Waals surface area contributed by atoms with Crippen LogP contribution in [0.4, 0.5) is 4.39 Å². The lowest BCUT2D eigenvalue weighted by Gasteiger charge is -2.17. The molecule has 4 nitrogen and oxygen atoms in total. The highest BCUT2D eigenvalue weighted by Crippen LogP contribution is 2.36. The molecule has 136 valence electrons. The lowest BCUT2D eigenvalue weighted by atomic mass is 10.1. The van der Waals surface area contributed by atoms with Gasteiger partial charge in [-0.25, -0.2) is 4.39 Å². The van der Waals surface area contributed by atoms with E-state index in [-0.39, 0.29) is 5.82 Å². The number of rotatable bonds is 8. The average molecular weight is 420 g/mol. The van der Waals surface area contributed by atoms with Gasteiger partial charge in [0, 0.05) is 16.6 Å². The van der Waals surface area contributed by atoms with Gasteiger partial charge in [-0.05, 0) is 42.0 Å². The van der Waals surface area contributed by atoms with Gasteiger partial charge in [0.05, 0.1) is 19.9 Å². The normalized spacial score (nSPS) is 10.7. The molecule has 0 aliphatic heterocycles. The summed E-state index contributed by atoms with van der Waals surface area (Å²) in [7, 11) is 1.61. The lowest BCUT2D eigenvalue weighted by Crippen LogP contribution is -2.14. The summed E-state index contributed by atoms with van der Waals surface area (Å²) in [5, 5.41) is 3.33. The van der Waals surface area contributed by atoms with E-state index in [1.807, 2.05) is 24.3 Å². The van der Waals surface area contributed by atoms with Crippen molar-refractivity contribution in [3.63, 3.8) is 0 Å². The molecule has 0 saturated carbocycles. The van der Waals surface area contributed by atoms with Crippen LogP contribution < -0.4 is 14.8 Å². The second-order valence-corrected chi connectivity index (χ2v) is 6.51. The number of benzene rings is 2. The zero-order valence-corrected chi connectivity index (χ0v) is 15.9. The van der Waals surface area contributed by atoms with Gasteiger partial charge in [-0.2, -0.15) is 0 Å². The van der Waals surface area contributed by atoms with E-state index < -0.39 is 0 Å². The zero-order valence-electron chi connectivity index (χ0n) is 14.3. The van der Waals surface area contributed by atoms with E-state index in [9.17, 15) is 4.39 Å². The molecule has 0 radical (unpaired) electrons. The number of furan rings is 1. The Balaban J connectivity index is 1.74. The van der Waals surface area contributed by atoms with Crippen LogP contribution in [-0.4, -0.2) is 7.11 Å². The number of ether oxygens (including phenoxy) is 2. The molecule has 1 heterocycles. The molecule has 0 amide bonds. The number of methoxy groups -OCH3 is 1. The third-order valence-electron chi connectivity index (χ3n) is 3.86. The largest absolute Gasteiger partial charge is 0.493 e. The fourth-order valence-corrected chi connectivity index (χ4v) is 2.98. The van der Waals surface area contributed by atoms with Crippen molar-refractivity contribution < 1.29 is 18.3 Å². The van der Waals surface area contributed by atoms with Gasteiger partial charge in [-0.1, -0.05) is 28.1 Å². The van der Waals surface area contributed by atoms with Gasteiger partial charge < -0.3 is 19.2 Å². The molecule has 0 aliphatic carbocycles. The smallest absolute Gasteiger partial charge is 0.167 e. The Labute approximate surface area is 160 Å². The summed E-state index contributed by atoms with van der Waals surface area (Å²) in [5.41, 5.74) is 1.82. The molecule has 1 N–H and O–H groups in total. The summed E-state index contributed by atoms with van der Waals surface area (Å²) >= 11 is 3.58. The van der Waals surface area contributed by atoms with Gasteiger partial charge in [-0.3, -0.25) is 0 Å². The Hall–Kier alpha value is -2.31. The van der Waals surface area contributed by atoms with Crippen molar-refractivity contribution in [3.8, 4) is 11.5 Å². The molecule has 1 aromatic heterocycles. The molecule has 0 spiro atoms. The summed E-state index contributed by atoms with van der Waals surface area (Å²) < 4.78 is 30.8. The number of nitrogens with one attached hydrogen (secondary N) is 1. The van der Waals surface area contributed by atoms with Crippen LogP contribution in [0.2, 0.25) is 0 Å². The van der Waals surface area contributed by atoms with Crippen molar-refractivity contribution >= 4 is 15.9 Å². The van der Waals surface area contributed by atoms with E-state index >= 15 is 0 Å². The lowest BCUT2D eigenvalue weighted by molar-refractivity contribution is 0.280. The molecule has 0 aliphatic rings. The van der Waals surface area contributed by atoms with Crippen LogP contribution in [0.25, 0.3) is 0 Å². The van der Waals surface area contributed by atoms with E-state index in [1.54, 1.807) is 25.5 Å². The second-order valence-electron chi connectivity index (χ2n) is 5.66. The van der Waals surface area contributed by atoms with Crippen LogP contribution in [-0.2, 0) is 19.7 Å². The standard InChI is InChI=1S/C20H19BrFNO3/c1-24-19-9-8-18(21)17(12-23-11-16-3-2-10-25-16)20(19)26-13-14-4-6-15(22)7-5-14/h2-10,23H,11-13H2,1H3. The molecular weight excluding hydrogens is 401 g/mol. The minimum Gasteiger partial charge on any atom is -0.493 e. The molecule has 6 heteroatoms. The van der Waals surface area contributed by atoms with E-state index in [0.29, 0.717) is 31.2 Å². The van der Waals surface area contributed by atoms with Crippen molar-refractivity contribution in [1.29, 1.82) is 0 Å². The minimum absolute atomic E-state index is 0.267. The molecule has 3 aromatic rings. The first-order chi connectivity index (χ1) is 12.7. The average Bonchev–Trinajstić information content (AvgIpc) is 3.16. The predicted octanol–water partition coefficient (Wildman–Crippen LogP) is 5.06. The molecule has 0 atom stereocenters. The van der Waals surface area contributed by atoms with Gasteiger partial charge in [0.2, 0.25) is 0 Å². The maximum Gasteiger partial charge on any atom is 0.167 e. The Kier molecular flexibility index (Phi) is 6.30. The van der Waals surface area contributed by atoms with Gasteiger partial charge in [0.15, 0.2) is 11.5 Å². The molecule has 3 rings (SSSR count). The van der Waals surface area contributed by atoms with E-state index in [1.165, 1.54) is 12.1 Å². The van der Waals surface area contributed by atoms with Crippen molar-refractivity contribution in [2.75, 3.05) is 7.11 Å². The third kappa shape index (κ3) is 4.65. The van der Waals surface area contributed by atoms with Crippen LogP contribution in [0.5, 0.6) is 11.5 Å². The predicted molar refractivity (Wildman–Crippen MR) is 101 cm³/mol. The second kappa shape index (κ2) is 8.87. The molecule has 0 saturated heterocycles. The summed E-state index contributed by atoms with van der Waals surface area (Å²) in [4.78, 5) is 0. The Morgan fingerprint density at radius 1 is 1.08 bits per heavy atom. The van der Waals surface area contributed by atoms with Crippen LogP contribution in [0.3, 0.4) is 0 Å². The monoisotopic (exact) mass is 419 g/mol. The van der Waals surface area contributed by atoms with Crippen molar-refractivity contribution in [1.82, 2.24) is 5.32 Å². The SMILES string of the molecule is COc1ccc(Br)c(CNCc2ccco2)c1OCc1ccc(F)cc1. The van der Waals surface area contributed by atoms with E-state index in [4.69, 9.17) is 13.9 Å².